The van der Waals surface area contributed by atoms with E-state index in [0.29, 0.717) is 5.69 Å². The summed E-state index contributed by atoms with van der Waals surface area (Å²) in [5, 5.41) is 16.7. The second kappa shape index (κ2) is 3.01. The van der Waals surface area contributed by atoms with Crippen LogP contribution in [0.15, 0.2) is 16.7 Å². The number of nitrogens with zero attached hydrogens (tertiary/aromatic N) is 1. The monoisotopic (exact) mass is 241 g/mol. The Bertz CT molecular complexity index is 452. The van der Waals surface area contributed by atoms with Crippen molar-refractivity contribution in [2.75, 3.05) is 5.73 Å². The van der Waals surface area contributed by atoms with Gasteiger partial charge in [-0.2, -0.15) is 5.10 Å². The molecule has 4 nitrogen and oxygen atoms in total. The molecule has 0 radical (unpaired) electrons. The molecule has 1 aromatic carbocycles. The van der Waals surface area contributed by atoms with Crippen LogP contribution >= 0.6 is 15.9 Å². The first-order valence-electron chi connectivity index (χ1n) is 3.75. The highest BCUT2D eigenvalue weighted by atomic mass is 79.9. The number of rotatable bonds is 1. The van der Waals surface area contributed by atoms with Gasteiger partial charge in [0.15, 0.2) is 0 Å². The first kappa shape index (κ1) is 8.52. The highest BCUT2D eigenvalue weighted by Crippen LogP contribution is 2.25. The van der Waals surface area contributed by atoms with Crippen molar-refractivity contribution < 1.29 is 5.11 Å². The molecule has 0 fully saturated rings. The van der Waals surface area contributed by atoms with Gasteiger partial charge in [-0.3, -0.25) is 5.10 Å². The predicted octanol–water partition coefficient (Wildman–Crippen LogP) is 1.40. The minimum atomic E-state index is -0.0562. The van der Waals surface area contributed by atoms with Crippen LogP contribution in [0.25, 0.3) is 10.9 Å². The molecule has 0 saturated carbocycles. The van der Waals surface area contributed by atoms with Crippen molar-refractivity contribution in [3.05, 3.63) is 22.3 Å². The quantitative estimate of drug-likeness (QED) is 0.661. The molecule has 4 N–H and O–H groups in total. The second-order valence-electron chi connectivity index (χ2n) is 2.76. The molecule has 5 heteroatoms. The standard InChI is InChI=1S/C8H8BrN3O/c9-8-5-1-4(3-13)6(10)2-7(5)11-12-8/h1-2,13H,3,10H2,(H,11,12). The fourth-order valence-corrected chi connectivity index (χ4v) is 1.63. The van der Waals surface area contributed by atoms with Crippen LogP contribution in [-0.4, -0.2) is 15.3 Å². The summed E-state index contributed by atoms with van der Waals surface area (Å²) in [6.07, 6.45) is 0. The van der Waals surface area contributed by atoms with E-state index < -0.39 is 0 Å². The molecule has 0 saturated heterocycles. The molecule has 13 heavy (non-hydrogen) atoms. The first-order valence-corrected chi connectivity index (χ1v) is 4.54. The maximum absolute atomic E-state index is 8.98. The van der Waals surface area contributed by atoms with Crippen molar-refractivity contribution in [2.24, 2.45) is 0 Å². The molecule has 1 heterocycles. The number of fused-ring (bicyclic) bond motifs is 1. The molecule has 0 atom stereocenters. The minimum Gasteiger partial charge on any atom is -0.398 e. The number of nitrogens with one attached hydrogen (secondary N) is 1. The summed E-state index contributed by atoms with van der Waals surface area (Å²) in [7, 11) is 0. The summed E-state index contributed by atoms with van der Waals surface area (Å²) in [4.78, 5) is 0. The fourth-order valence-electron chi connectivity index (χ4n) is 1.22. The molecule has 0 spiro atoms. The van der Waals surface area contributed by atoms with Gasteiger partial charge >= 0.3 is 0 Å². The SMILES string of the molecule is Nc1cc2n[nH]c(Br)c2cc1CO. The molecule has 0 aliphatic heterocycles. The van der Waals surface area contributed by atoms with E-state index in [1.54, 1.807) is 6.07 Å². The van der Waals surface area contributed by atoms with Crippen LogP contribution in [0.2, 0.25) is 0 Å². The molecular formula is C8H8BrN3O. The number of hydrogen-bond acceptors (Lipinski definition) is 3. The summed E-state index contributed by atoms with van der Waals surface area (Å²) < 4.78 is 0.803. The molecule has 1 aromatic heterocycles. The van der Waals surface area contributed by atoms with Gasteiger partial charge in [0, 0.05) is 16.6 Å². The van der Waals surface area contributed by atoms with Gasteiger partial charge in [-0.05, 0) is 28.1 Å². The number of aliphatic hydroxyl groups is 1. The van der Waals surface area contributed by atoms with Crippen LogP contribution in [0.4, 0.5) is 5.69 Å². The zero-order valence-electron chi connectivity index (χ0n) is 6.71. The number of halogens is 1. The van der Waals surface area contributed by atoms with Gasteiger partial charge in [-0.25, -0.2) is 0 Å². The molecule has 0 aliphatic carbocycles. The largest absolute Gasteiger partial charge is 0.398 e. The zero-order valence-corrected chi connectivity index (χ0v) is 8.30. The van der Waals surface area contributed by atoms with Crippen molar-refractivity contribution in [3.63, 3.8) is 0 Å². The van der Waals surface area contributed by atoms with Crippen LogP contribution in [0.3, 0.4) is 0 Å². The molecule has 0 unspecified atom stereocenters. The first-order chi connectivity index (χ1) is 6.22. The highest BCUT2D eigenvalue weighted by molar-refractivity contribution is 9.10. The Labute approximate surface area is 82.9 Å². The van der Waals surface area contributed by atoms with Crippen LogP contribution in [0, 0.1) is 0 Å². The molecule has 0 bridgehead atoms. The van der Waals surface area contributed by atoms with Crippen LogP contribution in [0.5, 0.6) is 0 Å². The van der Waals surface area contributed by atoms with Gasteiger partial charge in [-0.1, -0.05) is 0 Å². The summed E-state index contributed by atoms with van der Waals surface area (Å²) in [5.41, 5.74) is 7.75. The van der Waals surface area contributed by atoms with E-state index in [1.807, 2.05) is 6.07 Å². The predicted molar refractivity (Wildman–Crippen MR) is 54.1 cm³/mol. The van der Waals surface area contributed by atoms with E-state index in [-0.39, 0.29) is 6.61 Å². The van der Waals surface area contributed by atoms with Crippen molar-refractivity contribution in [3.8, 4) is 0 Å². The number of benzene rings is 1. The number of hydrogen-bond donors (Lipinski definition) is 3. The van der Waals surface area contributed by atoms with Crippen molar-refractivity contribution >= 4 is 32.5 Å². The Morgan fingerprint density at radius 2 is 2.31 bits per heavy atom. The second-order valence-corrected chi connectivity index (χ2v) is 3.56. The Kier molecular flexibility index (Phi) is 1.97. The lowest BCUT2D eigenvalue weighted by Crippen LogP contribution is -1.93. The smallest absolute Gasteiger partial charge is 0.108 e. The van der Waals surface area contributed by atoms with Crippen LogP contribution < -0.4 is 5.73 Å². The van der Waals surface area contributed by atoms with Crippen LogP contribution in [0.1, 0.15) is 5.56 Å². The van der Waals surface area contributed by atoms with Crippen molar-refractivity contribution in [1.29, 1.82) is 0 Å². The Balaban J connectivity index is 2.77. The zero-order chi connectivity index (χ0) is 9.42. The number of aliphatic hydroxyl groups excluding tert-OH is 1. The third-order valence-corrected chi connectivity index (χ3v) is 2.54. The topological polar surface area (TPSA) is 74.9 Å². The lowest BCUT2D eigenvalue weighted by Gasteiger charge is -2.00. The molecule has 0 amide bonds. The van der Waals surface area contributed by atoms with E-state index in [1.165, 1.54) is 0 Å². The number of anilines is 1. The van der Waals surface area contributed by atoms with Crippen molar-refractivity contribution in [1.82, 2.24) is 10.2 Å². The van der Waals surface area contributed by atoms with Gasteiger partial charge in [0.25, 0.3) is 0 Å². The van der Waals surface area contributed by atoms with Crippen molar-refractivity contribution in [2.45, 2.75) is 6.61 Å². The van der Waals surface area contributed by atoms with Gasteiger partial charge in [0.1, 0.15) is 4.60 Å². The third-order valence-electron chi connectivity index (χ3n) is 1.94. The average molecular weight is 242 g/mol. The van der Waals surface area contributed by atoms with E-state index >= 15 is 0 Å². The molecule has 68 valence electrons. The fraction of sp³-hybridized carbons (Fsp3) is 0.125. The lowest BCUT2D eigenvalue weighted by molar-refractivity contribution is 0.282. The van der Waals surface area contributed by atoms with E-state index in [9.17, 15) is 0 Å². The van der Waals surface area contributed by atoms with E-state index in [4.69, 9.17) is 10.8 Å². The summed E-state index contributed by atoms with van der Waals surface area (Å²) in [6.45, 7) is -0.0562. The van der Waals surface area contributed by atoms with E-state index in [0.717, 1.165) is 21.1 Å². The molecule has 0 aliphatic rings. The summed E-state index contributed by atoms with van der Waals surface area (Å²) >= 11 is 3.31. The summed E-state index contributed by atoms with van der Waals surface area (Å²) in [6, 6.07) is 3.56. The number of aromatic nitrogens is 2. The highest BCUT2D eigenvalue weighted by Gasteiger charge is 2.06. The summed E-state index contributed by atoms with van der Waals surface area (Å²) in [5.74, 6) is 0. The number of H-pyrrole nitrogens is 1. The van der Waals surface area contributed by atoms with Gasteiger partial charge < -0.3 is 10.8 Å². The maximum atomic E-state index is 8.98. The van der Waals surface area contributed by atoms with E-state index in [2.05, 4.69) is 26.1 Å². The number of nitrogen functional groups attached to an aromatic ring is 1. The minimum absolute atomic E-state index is 0.0562. The third kappa shape index (κ3) is 1.30. The van der Waals surface area contributed by atoms with Gasteiger partial charge in [0.2, 0.25) is 0 Å². The average Bonchev–Trinajstić information content (AvgIpc) is 2.46. The lowest BCUT2D eigenvalue weighted by atomic mass is 10.1. The Morgan fingerprint density at radius 1 is 1.54 bits per heavy atom. The van der Waals surface area contributed by atoms with Gasteiger partial charge in [0.05, 0.1) is 12.1 Å². The normalized spacial score (nSPS) is 10.9. The molecule has 2 aromatic rings. The van der Waals surface area contributed by atoms with Crippen LogP contribution in [-0.2, 0) is 6.61 Å². The molecular weight excluding hydrogens is 234 g/mol. The maximum Gasteiger partial charge on any atom is 0.108 e. The Morgan fingerprint density at radius 3 is 3.00 bits per heavy atom. The van der Waals surface area contributed by atoms with Gasteiger partial charge in [-0.15, -0.1) is 0 Å². The Hall–Kier alpha value is -1.07. The molecule has 2 rings (SSSR count). The number of aromatic amines is 1. The number of nitrogens with two attached hydrogens (primary N) is 1.